The Kier molecular flexibility index (Phi) is 9.95. The summed E-state index contributed by atoms with van der Waals surface area (Å²) in [6.07, 6.45) is 0.586. The van der Waals surface area contributed by atoms with Crippen molar-refractivity contribution in [1.82, 2.24) is 4.90 Å². The molecular formula is C31H36N2O9. The second-order valence-corrected chi connectivity index (χ2v) is 9.33. The molecule has 0 N–H and O–H groups in total. The van der Waals surface area contributed by atoms with Gasteiger partial charge in [-0.25, -0.2) is 0 Å². The third kappa shape index (κ3) is 6.45. The van der Waals surface area contributed by atoms with Gasteiger partial charge in [0.1, 0.15) is 12.4 Å². The first-order valence-corrected chi connectivity index (χ1v) is 13.8. The smallest absolute Gasteiger partial charge is 0.269 e. The van der Waals surface area contributed by atoms with Gasteiger partial charge in [0.25, 0.3) is 11.6 Å². The summed E-state index contributed by atoms with van der Waals surface area (Å²) in [5.41, 5.74) is 2.21. The number of ether oxygens (including phenoxy) is 6. The molecule has 0 aromatic heterocycles. The lowest BCUT2D eigenvalue weighted by Crippen LogP contribution is -2.42. The van der Waals surface area contributed by atoms with Crippen LogP contribution in [0.4, 0.5) is 5.69 Å². The number of methoxy groups -OCH3 is 2. The van der Waals surface area contributed by atoms with Gasteiger partial charge in [-0.3, -0.25) is 14.9 Å². The third-order valence-electron chi connectivity index (χ3n) is 6.88. The quantitative estimate of drug-likeness (QED) is 0.187. The van der Waals surface area contributed by atoms with Crippen molar-refractivity contribution in [2.24, 2.45) is 0 Å². The Balaban J connectivity index is 1.74. The van der Waals surface area contributed by atoms with Crippen molar-refractivity contribution in [2.45, 2.75) is 33.2 Å². The molecule has 42 heavy (non-hydrogen) atoms. The van der Waals surface area contributed by atoms with Crippen molar-refractivity contribution in [2.75, 3.05) is 47.2 Å². The van der Waals surface area contributed by atoms with E-state index in [0.29, 0.717) is 72.8 Å². The van der Waals surface area contributed by atoms with E-state index in [4.69, 9.17) is 28.4 Å². The average Bonchev–Trinajstić information content (AvgIpc) is 3.00. The molecule has 1 atom stereocenters. The maximum absolute atomic E-state index is 14.2. The molecule has 0 saturated carbocycles. The predicted molar refractivity (Wildman–Crippen MR) is 156 cm³/mol. The topological polar surface area (TPSA) is 119 Å². The van der Waals surface area contributed by atoms with Crippen LogP contribution in [0.5, 0.6) is 34.5 Å². The molecule has 224 valence electrons. The van der Waals surface area contributed by atoms with Gasteiger partial charge >= 0.3 is 0 Å². The molecule has 1 heterocycles. The number of non-ortho nitro benzene ring substituents is 1. The summed E-state index contributed by atoms with van der Waals surface area (Å²) in [7, 11) is 3.14. The SMILES string of the molecule is CCOc1cc(C(=O)N2CCc3cc(OC)c(OC)cc3[C@H]2COc2ccc([N+](=O)[O-])cc2)cc(OCC)c1OCC. The molecule has 11 heteroatoms. The van der Waals surface area contributed by atoms with E-state index in [1.54, 1.807) is 31.3 Å². The number of carbonyl (C=O) groups is 1. The zero-order chi connectivity index (χ0) is 30.2. The predicted octanol–water partition coefficient (Wildman–Crippen LogP) is 5.63. The Bertz CT molecular complexity index is 1380. The van der Waals surface area contributed by atoms with Crippen molar-refractivity contribution in [1.29, 1.82) is 0 Å². The van der Waals surface area contributed by atoms with Gasteiger partial charge in [0.15, 0.2) is 23.0 Å². The van der Waals surface area contributed by atoms with Crippen LogP contribution in [-0.2, 0) is 6.42 Å². The summed E-state index contributed by atoms with van der Waals surface area (Å²) in [6, 6.07) is 12.5. The van der Waals surface area contributed by atoms with E-state index >= 15 is 0 Å². The maximum atomic E-state index is 14.2. The molecule has 1 amide bonds. The largest absolute Gasteiger partial charge is 0.493 e. The summed E-state index contributed by atoms with van der Waals surface area (Å²) >= 11 is 0. The highest BCUT2D eigenvalue weighted by molar-refractivity contribution is 5.96. The molecule has 0 aliphatic carbocycles. The summed E-state index contributed by atoms with van der Waals surface area (Å²) in [5.74, 6) is 2.64. The molecule has 4 rings (SSSR count). The molecule has 0 fully saturated rings. The van der Waals surface area contributed by atoms with Gasteiger partial charge in [0.2, 0.25) is 5.75 Å². The third-order valence-corrected chi connectivity index (χ3v) is 6.88. The van der Waals surface area contributed by atoms with Crippen LogP contribution >= 0.6 is 0 Å². The van der Waals surface area contributed by atoms with Crippen molar-refractivity contribution in [3.8, 4) is 34.5 Å². The number of nitro benzene ring substituents is 1. The number of amides is 1. The second kappa shape index (κ2) is 13.8. The molecule has 0 spiro atoms. The van der Waals surface area contributed by atoms with Crippen LogP contribution in [-0.4, -0.2) is 62.9 Å². The molecule has 0 radical (unpaired) electrons. The number of benzene rings is 3. The van der Waals surface area contributed by atoms with Gasteiger partial charge in [0, 0.05) is 24.2 Å². The van der Waals surface area contributed by atoms with E-state index in [1.807, 2.05) is 32.9 Å². The Labute approximate surface area is 245 Å². The fourth-order valence-corrected chi connectivity index (χ4v) is 4.97. The van der Waals surface area contributed by atoms with Gasteiger partial charge < -0.3 is 33.3 Å². The number of hydrogen-bond acceptors (Lipinski definition) is 9. The second-order valence-electron chi connectivity index (χ2n) is 9.33. The Morgan fingerprint density at radius 1 is 0.857 bits per heavy atom. The van der Waals surface area contributed by atoms with Crippen LogP contribution in [0.25, 0.3) is 0 Å². The fourth-order valence-electron chi connectivity index (χ4n) is 4.97. The van der Waals surface area contributed by atoms with Gasteiger partial charge in [0.05, 0.1) is 45.0 Å². The lowest BCUT2D eigenvalue weighted by atomic mass is 9.91. The van der Waals surface area contributed by atoms with Crippen LogP contribution in [0, 0.1) is 10.1 Å². The Hall–Kier alpha value is -4.67. The normalized spacial score (nSPS) is 14.0. The van der Waals surface area contributed by atoms with Gasteiger partial charge in [-0.15, -0.1) is 0 Å². The molecule has 11 nitrogen and oxygen atoms in total. The number of hydrogen-bond donors (Lipinski definition) is 0. The lowest BCUT2D eigenvalue weighted by molar-refractivity contribution is -0.384. The Morgan fingerprint density at radius 2 is 1.45 bits per heavy atom. The average molecular weight is 581 g/mol. The van der Waals surface area contributed by atoms with E-state index < -0.39 is 11.0 Å². The monoisotopic (exact) mass is 580 g/mol. The fraction of sp³-hybridized carbons (Fsp3) is 0.387. The summed E-state index contributed by atoms with van der Waals surface area (Å²) < 4.78 is 34.7. The summed E-state index contributed by atoms with van der Waals surface area (Å²) in [5, 5.41) is 11.1. The van der Waals surface area contributed by atoms with Gasteiger partial charge in [-0.2, -0.15) is 0 Å². The first kappa shape index (κ1) is 30.3. The van der Waals surface area contributed by atoms with Gasteiger partial charge in [-0.05, 0) is 74.7 Å². The molecule has 0 unspecified atom stereocenters. The van der Waals surface area contributed by atoms with Gasteiger partial charge in [-0.1, -0.05) is 0 Å². The first-order chi connectivity index (χ1) is 20.3. The highest BCUT2D eigenvalue weighted by Gasteiger charge is 2.34. The van der Waals surface area contributed by atoms with Crippen LogP contribution in [0.3, 0.4) is 0 Å². The number of rotatable bonds is 13. The van der Waals surface area contributed by atoms with E-state index in [-0.39, 0.29) is 18.2 Å². The van der Waals surface area contributed by atoms with E-state index in [2.05, 4.69) is 0 Å². The minimum absolute atomic E-state index is 0.0373. The molecule has 0 saturated heterocycles. The summed E-state index contributed by atoms with van der Waals surface area (Å²) in [6.45, 7) is 7.27. The zero-order valence-electron chi connectivity index (χ0n) is 24.5. The molecule has 3 aromatic carbocycles. The highest BCUT2D eigenvalue weighted by Crippen LogP contribution is 2.42. The molecule has 1 aliphatic rings. The first-order valence-electron chi connectivity index (χ1n) is 13.8. The van der Waals surface area contributed by atoms with Crippen LogP contribution in [0.1, 0.15) is 48.3 Å². The number of nitrogens with zero attached hydrogens (tertiary/aromatic N) is 2. The van der Waals surface area contributed by atoms with Crippen LogP contribution in [0.2, 0.25) is 0 Å². The minimum atomic E-state index is -0.506. The molecular weight excluding hydrogens is 544 g/mol. The van der Waals surface area contributed by atoms with E-state index in [1.165, 1.54) is 24.3 Å². The molecule has 1 aliphatic heterocycles. The van der Waals surface area contributed by atoms with Crippen molar-refractivity contribution >= 4 is 11.6 Å². The van der Waals surface area contributed by atoms with E-state index in [0.717, 1.165) is 11.1 Å². The number of nitro groups is 1. The van der Waals surface area contributed by atoms with Crippen LogP contribution < -0.4 is 28.4 Å². The maximum Gasteiger partial charge on any atom is 0.269 e. The van der Waals surface area contributed by atoms with Crippen molar-refractivity contribution in [3.63, 3.8) is 0 Å². The van der Waals surface area contributed by atoms with Crippen molar-refractivity contribution < 1.29 is 38.1 Å². The van der Waals surface area contributed by atoms with Crippen molar-refractivity contribution in [3.05, 3.63) is 75.3 Å². The zero-order valence-corrected chi connectivity index (χ0v) is 24.5. The lowest BCUT2D eigenvalue weighted by Gasteiger charge is -2.38. The Morgan fingerprint density at radius 3 is 2.00 bits per heavy atom. The standard InChI is InChI=1S/C31H36N2O9/c1-6-39-28-16-21(17-29(40-7-2)30(28)41-8-3)31(34)32-14-13-20-15-26(37-4)27(38-5)18-24(20)25(32)19-42-23-11-9-22(10-12-23)33(35)36/h9-12,15-18,25H,6-8,13-14,19H2,1-5H3/t25-/m1/s1. The van der Waals surface area contributed by atoms with Crippen LogP contribution in [0.15, 0.2) is 48.5 Å². The van der Waals surface area contributed by atoms with E-state index in [9.17, 15) is 14.9 Å². The highest BCUT2D eigenvalue weighted by atomic mass is 16.6. The minimum Gasteiger partial charge on any atom is -0.493 e. The molecule has 0 bridgehead atoms. The molecule has 3 aromatic rings. The number of fused-ring (bicyclic) bond motifs is 1. The summed E-state index contributed by atoms with van der Waals surface area (Å²) in [4.78, 5) is 26.6. The number of carbonyl (C=O) groups excluding carboxylic acids is 1.